The highest BCUT2D eigenvalue weighted by Gasteiger charge is 2.11. The molecule has 0 saturated carbocycles. The Labute approximate surface area is 97.2 Å². The van der Waals surface area contributed by atoms with E-state index in [-0.39, 0.29) is 5.82 Å². The molecule has 0 aliphatic heterocycles. The molecular formula is C15H19F. The van der Waals surface area contributed by atoms with Gasteiger partial charge in [-0.1, -0.05) is 37.5 Å². The number of rotatable bonds is 4. The molecule has 0 heterocycles. The zero-order valence-corrected chi connectivity index (χ0v) is 9.93. The first kappa shape index (κ1) is 11.4. The smallest absolute Gasteiger partial charge is 0.123 e. The zero-order valence-electron chi connectivity index (χ0n) is 9.93. The highest BCUT2D eigenvalue weighted by atomic mass is 19.1. The molecule has 0 amide bonds. The van der Waals surface area contributed by atoms with Crippen molar-refractivity contribution in [1.82, 2.24) is 0 Å². The molecule has 0 unspecified atom stereocenters. The Morgan fingerprint density at radius 1 is 1.19 bits per heavy atom. The first-order chi connectivity index (χ1) is 7.79. The Bertz CT molecular complexity index is 390. The summed E-state index contributed by atoms with van der Waals surface area (Å²) in [5, 5.41) is 0. The average molecular weight is 218 g/mol. The van der Waals surface area contributed by atoms with E-state index in [9.17, 15) is 4.39 Å². The number of benzene rings is 1. The molecule has 0 nitrogen and oxygen atoms in total. The van der Waals surface area contributed by atoms with Crippen LogP contribution in [0, 0.1) is 5.82 Å². The lowest BCUT2D eigenvalue weighted by atomic mass is 9.89. The monoisotopic (exact) mass is 218 g/mol. The normalized spacial score (nSPS) is 14.5. The van der Waals surface area contributed by atoms with E-state index in [0.717, 1.165) is 12.8 Å². The minimum Gasteiger partial charge on any atom is -0.207 e. The Morgan fingerprint density at radius 2 is 2.06 bits per heavy atom. The largest absolute Gasteiger partial charge is 0.207 e. The van der Waals surface area contributed by atoms with Gasteiger partial charge in [-0.25, -0.2) is 4.39 Å². The van der Waals surface area contributed by atoms with Gasteiger partial charge < -0.3 is 0 Å². The van der Waals surface area contributed by atoms with Crippen LogP contribution in [0.25, 0.3) is 0 Å². The topological polar surface area (TPSA) is 0 Å². The van der Waals surface area contributed by atoms with Crippen LogP contribution in [0.2, 0.25) is 0 Å². The molecule has 1 aromatic rings. The van der Waals surface area contributed by atoms with Gasteiger partial charge in [-0.3, -0.25) is 0 Å². The highest BCUT2D eigenvalue weighted by Crippen LogP contribution is 2.24. The van der Waals surface area contributed by atoms with Gasteiger partial charge in [0.15, 0.2) is 0 Å². The molecule has 1 heteroatoms. The molecule has 2 rings (SSSR count). The summed E-state index contributed by atoms with van der Waals surface area (Å²) in [7, 11) is 0. The van der Waals surface area contributed by atoms with Crippen LogP contribution in [0.15, 0.2) is 29.8 Å². The summed E-state index contributed by atoms with van der Waals surface area (Å²) >= 11 is 0. The lowest BCUT2D eigenvalue weighted by Crippen LogP contribution is -2.03. The summed E-state index contributed by atoms with van der Waals surface area (Å²) in [5.41, 5.74) is 3.97. The standard InChI is InChI=1S/C15H19F/c1-2-3-4-5-12-6-7-13-8-9-15(16)11-14(13)10-12/h6,8-9,11H,2-5,7,10H2,1H3. The summed E-state index contributed by atoms with van der Waals surface area (Å²) in [6.45, 7) is 2.22. The quantitative estimate of drug-likeness (QED) is 0.518. The van der Waals surface area contributed by atoms with E-state index in [1.165, 1.54) is 42.4 Å². The van der Waals surface area contributed by atoms with Crippen LogP contribution in [0.1, 0.15) is 43.7 Å². The number of allylic oxidation sites excluding steroid dienone is 2. The number of hydrogen-bond donors (Lipinski definition) is 0. The molecular weight excluding hydrogens is 199 g/mol. The first-order valence-electron chi connectivity index (χ1n) is 6.25. The van der Waals surface area contributed by atoms with Crippen molar-refractivity contribution >= 4 is 0 Å². The first-order valence-corrected chi connectivity index (χ1v) is 6.25. The summed E-state index contributed by atoms with van der Waals surface area (Å²) in [6.07, 6.45) is 9.28. The molecule has 0 aromatic heterocycles. The summed E-state index contributed by atoms with van der Waals surface area (Å²) in [6, 6.07) is 5.18. The molecule has 0 fully saturated rings. The van der Waals surface area contributed by atoms with Crippen molar-refractivity contribution in [2.75, 3.05) is 0 Å². The van der Waals surface area contributed by atoms with Gasteiger partial charge in [0.1, 0.15) is 5.82 Å². The molecule has 0 N–H and O–H groups in total. The second-order valence-electron chi connectivity index (χ2n) is 4.61. The van der Waals surface area contributed by atoms with Crippen LogP contribution in [-0.2, 0) is 12.8 Å². The van der Waals surface area contributed by atoms with E-state index < -0.39 is 0 Å². The highest BCUT2D eigenvalue weighted by molar-refractivity contribution is 5.37. The van der Waals surface area contributed by atoms with Crippen LogP contribution in [0.4, 0.5) is 4.39 Å². The second kappa shape index (κ2) is 5.29. The van der Waals surface area contributed by atoms with Gasteiger partial charge in [-0.2, -0.15) is 0 Å². The van der Waals surface area contributed by atoms with Gasteiger partial charge in [0.05, 0.1) is 0 Å². The van der Waals surface area contributed by atoms with Crippen LogP contribution in [0.3, 0.4) is 0 Å². The molecule has 0 bridgehead atoms. The van der Waals surface area contributed by atoms with Crippen molar-refractivity contribution in [3.05, 3.63) is 46.8 Å². The van der Waals surface area contributed by atoms with E-state index in [1.54, 1.807) is 12.1 Å². The SMILES string of the molecule is CCCCCC1=CCc2ccc(F)cc2C1. The third kappa shape index (κ3) is 2.72. The van der Waals surface area contributed by atoms with E-state index in [4.69, 9.17) is 0 Å². The van der Waals surface area contributed by atoms with Gasteiger partial charge >= 0.3 is 0 Å². The van der Waals surface area contributed by atoms with Crippen molar-refractivity contribution in [2.45, 2.75) is 45.4 Å². The minimum atomic E-state index is -0.103. The van der Waals surface area contributed by atoms with E-state index in [2.05, 4.69) is 13.0 Å². The van der Waals surface area contributed by atoms with Crippen LogP contribution >= 0.6 is 0 Å². The van der Waals surface area contributed by atoms with Crippen molar-refractivity contribution in [2.24, 2.45) is 0 Å². The molecule has 0 atom stereocenters. The lowest BCUT2D eigenvalue weighted by Gasteiger charge is -2.17. The Morgan fingerprint density at radius 3 is 2.88 bits per heavy atom. The molecule has 1 aromatic carbocycles. The Kier molecular flexibility index (Phi) is 3.76. The minimum absolute atomic E-state index is 0.103. The van der Waals surface area contributed by atoms with E-state index in [1.807, 2.05) is 6.07 Å². The van der Waals surface area contributed by atoms with E-state index in [0.29, 0.717) is 0 Å². The maximum absolute atomic E-state index is 13.1. The van der Waals surface area contributed by atoms with Crippen LogP contribution < -0.4 is 0 Å². The van der Waals surface area contributed by atoms with Crippen LogP contribution in [0.5, 0.6) is 0 Å². The molecule has 0 radical (unpaired) electrons. The maximum atomic E-state index is 13.1. The molecule has 1 aliphatic rings. The van der Waals surface area contributed by atoms with Gasteiger partial charge in [0, 0.05) is 0 Å². The van der Waals surface area contributed by atoms with Crippen molar-refractivity contribution in [3.63, 3.8) is 0 Å². The summed E-state index contributed by atoms with van der Waals surface area (Å²) in [5.74, 6) is -0.103. The zero-order chi connectivity index (χ0) is 11.4. The predicted octanol–water partition coefficient (Wildman–Crippen LogP) is 4.43. The maximum Gasteiger partial charge on any atom is 0.123 e. The van der Waals surface area contributed by atoms with E-state index >= 15 is 0 Å². The molecule has 0 saturated heterocycles. The van der Waals surface area contributed by atoms with Crippen LogP contribution in [-0.4, -0.2) is 0 Å². The van der Waals surface area contributed by atoms with Gasteiger partial charge in [0.2, 0.25) is 0 Å². The average Bonchev–Trinajstić information content (AvgIpc) is 2.29. The summed E-state index contributed by atoms with van der Waals surface area (Å²) < 4.78 is 13.1. The van der Waals surface area contributed by atoms with Gasteiger partial charge in [-0.05, 0) is 48.9 Å². The number of unbranched alkanes of at least 4 members (excludes halogenated alkanes) is 2. The van der Waals surface area contributed by atoms with Gasteiger partial charge in [-0.15, -0.1) is 0 Å². The third-order valence-corrected chi connectivity index (χ3v) is 3.30. The fourth-order valence-corrected chi connectivity index (χ4v) is 2.32. The molecule has 1 aliphatic carbocycles. The third-order valence-electron chi connectivity index (χ3n) is 3.30. The fourth-order valence-electron chi connectivity index (χ4n) is 2.32. The van der Waals surface area contributed by atoms with Gasteiger partial charge in [0.25, 0.3) is 0 Å². The number of halogens is 1. The molecule has 0 spiro atoms. The fraction of sp³-hybridized carbons (Fsp3) is 0.467. The summed E-state index contributed by atoms with van der Waals surface area (Å²) in [4.78, 5) is 0. The molecule has 16 heavy (non-hydrogen) atoms. The Balaban J connectivity index is 1.99. The Hall–Kier alpha value is -1.11. The lowest BCUT2D eigenvalue weighted by molar-refractivity contribution is 0.623. The van der Waals surface area contributed by atoms with Crippen molar-refractivity contribution in [1.29, 1.82) is 0 Å². The van der Waals surface area contributed by atoms with Crippen molar-refractivity contribution in [3.8, 4) is 0 Å². The molecule has 86 valence electrons. The number of fused-ring (bicyclic) bond motifs is 1. The second-order valence-corrected chi connectivity index (χ2v) is 4.61. The predicted molar refractivity (Wildman–Crippen MR) is 66.0 cm³/mol. The number of hydrogen-bond acceptors (Lipinski definition) is 0. The van der Waals surface area contributed by atoms with Crippen molar-refractivity contribution < 1.29 is 4.39 Å².